The molecule has 2 aliphatic heterocycles. The highest BCUT2D eigenvalue weighted by molar-refractivity contribution is 5.86. The molecular weight excluding hydrogens is 250 g/mol. The first-order chi connectivity index (χ1) is 9.00. The Morgan fingerprint density at radius 2 is 1.79 bits per heavy atom. The van der Waals surface area contributed by atoms with Gasteiger partial charge in [0, 0.05) is 19.6 Å². The van der Waals surface area contributed by atoms with E-state index in [1.54, 1.807) is 0 Å². The number of carboxylic acid groups (broad SMARTS) is 1. The van der Waals surface area contributed by atoms with E-state index in [1.807, 2.05) is 0 Å². The summed E-state index contributed by atoms with van der Waals surface area (Å²) in [4.78, 5) is 37.6. The molecule has 106 valence electrons. The number of likely N-dealkylation sites (tertiary alicyclic amines) is 2. The fourth-order valence-corrected chi connectivity index (χ4v) is 2.83. The Hall–Kier alpha value is -1.79. The van der Waals surface area contributed by atoms with E-state index in [0.717, 1.165) is 6.42 Å². The Kier molecular flexibility index (Phi) is 3.92. The largest absolute Gasteiger partial charge is 0.481 e. The summed E-state index contributed by atoms with van der Waals surface area (Å²) < 4.78 is 0. The van der Waals surface area contributed by atoms with E-state index in [0.29, 0.717) is 32.4 Å². The van der Waals surface area contributed by atoms with Gasteiger partial charge in [-0.2, -0.15) is 0 Å². The highest BCUT2D eigenvalue weighted by Gasteiger charge is 2.37. The Morgan fingerprint density at radius 1 is 1.11 bits per heavy atom. The van der Waals surface area contributed by atoms with Gasteiger partial charge >= 0.3 is 12.0 Å². The van der Waals surface area contributed by atoms with Gasteiger partial charge in [0.1, 0.15) is 6.04 Å². The molecule has 0 spiro atoms. The van der Waals surface area contributed by atoms with Crippen LogP contribution < -0.4 is 5.73 Å². The van der Waals surface area contributed by atoms with Crippen LogP contribution in [0.1, 0.15) is 25.7 Å². The molecule has 19 heavy (non-hydrogen) atoms. The molecule has 0 aromatic rings. The molecule has 2 saturated heterocycles. The number of hydrogen-bond acceptors (Lipinski definition) is 3. The molecule has 0 aliphatic carbocycles. The zero-order chi connectivity index (χ0) is 14.0. The van der Waals surface area contributed by atoms with Crippen molar-refractivity contribution < 1.29 is 19.5 Å². The minimum atomic E-state index is -0.870. The number of primary amides is 1. The monoisotopic (exact) mass is 269 g/mol. The molecule has 0 aromatic carbocycles. The quantitative estimate of drug-likeness (QED) is 0.727. The van der Waals surface area contributed by atoms with E-state index < -0.39 is 23.8 Å². The molecule has 2 heterocycles. The summed E-state index contributed by atoms with van der Waals surface area (Å²) in [7, 11) is 0. The highest BCUT2D eigenvalue weighted by Crippen LogP contribution is 2.22. The van der Waals surface area contributed by atoms with Crippen LogP contribution >= 0.6 is 0 Å². The number of carbonyl (C=O) groups is 3. The Labute approximate surface area is 111 Å². The fraction of sp³-hybridized carbons (Fsp3) is 0.750. The van der Waals surface area contributed by atoms with Gasteiger partial charge in [-0.05, 0) is 25.7 Å². The summed E-state index contributed by atoms with van der Waals surface area (Å²) in [5.74, 6) is -1.87. The van der Waals surface area contributed by atoms with Gasteiger partial charge in [0.2, 0.25) is 5.91 Å². The van der Waals surface area contributed by atoms with Crippen LogP contribution in [0.4, 0.5) is 4.79 Å². The number of urea groups is 1. The molecule has 7 heteroatoms. The normalized spacial score (nSPS) is 27.4. The average Bonchev–Trinajstić information content (AvgIpc) is 2.87. The van der Waals surface area contributed by atoms with Crippen molar-refractivity contribution in [3.8, 4) is 0 Å². The summed E-state index contributed by atoms with van der Waals surface area (Å²) in [6.45, 7) is 1.28. The van der Waals surface area contributed by atoms with Crippen molar-refractivity contribution in [3.63, 3.8) is 0 Å². The molecule has 2 aliphatic rings. The molecule has 1 unspecified atom stereocenters. The van der Waals surface area contributed by atoms with Gasteiger partial charge in [-0.15, -0.1) is 0 Å². The van der Waals surface area contributed by atoms with Gasteiger partial charge < -0.3 is 20.6 Å². The molecule has 7 nitrogen and oxygen atoms in total. The van der Waals surface area contributed by atoms with Crippen LogP contribution in [0.15, 0.2) is 0 Å². The van der Waals surface area contributed by atoms with Crippen LogP contribution in [0.25, 0.3) is 0 Å². The van der Waals surface area contributed by atoms with Gasteiger partial charge in [-0.3, -0.25) is 9.59 Å². The molecule has 3 N–H and O–H groups in total. The zero-order valence-electron chi connectivity index (χ0n) is 10.7. The van der Waals surface area contributed by atoms with Gasteiger partial charge in [0.05, 0.1) is 5.92 Å². The maximum Gasteiger partial charge on any atom is 0.320 e. The number of aliphatic carboxylic acids is 1. The van der Waals surface area contributed by atoms with Crippen molar-refractivity contribution >= 4 is 17.9 Å². The number of carbonyl (C=O) groups excluding carboxylic acids is 2. The number of hydrogen-bond donors (Lipinski definition) is 2. The third-order valence-electron chi connectivity index (χ3n) is 3.87. The molecule has 2 fully saturated rings. The van der Waals surface area contributed by atoms with Gasteiger partial charge in [0.15, 0.2) is 0 Å². The number of amides is 3. The summed E-state index contributed by atoms with van der Waals surface area (Å²) in [6, 6.07) is -0.801. The third kappa shape index (κ3) is 2.80. The maximum atomic E-state index is 12.3. The number of piperidine rings is 1. The van der Waals surface area contributed by atoms with Crippen molar-refractivity contribution in [2.45, 2.75) is 31.7 Å². The summed E-state index contributed by atoms with van der Waals surface area (Å²) in [6.07, 6.45) is 2.63. The highest BCUT2D eigenvalue weighted by atomic mass is 16.4. The predicted molar refractivity (Wildman–Crippen MR) is 66.3 cm³/mol. The van der Waals surface area contributed by atoms with Crippen LogP contribution in [0, 0.1) is 5.92 Å². The summed E-state index contributed by atoms with van der Waals surface area (Å²) in [5, 5.41) is 9.02. The molecule has 0 saturated carbocycles. The van der Waals surface area contributed by atoms with Gasteiger partial charge in [-0.25, -0.2) is 4.79 Å². The van der Waals surface area contributed by atoms with Crippen molar-refractivity contribution in [3.05, 3.63) is 0 Å². The SMILES string of the molecule is NC(=O)C1CCCN1C(=O)N1CCC[C@H](C(=O)O)C1. The minimum Gasteiger partial charge on any atom is -0.481 e. The Bertz CT molecular complexity index is 398. The van der Waals surface area contributed by atoms with Crippen LogP contribution in [0.3, 0.4) is 0 Å². The second kappa shape index (κ2) is 5.46. The lowest BCUT2D eigenvalue weighted by molar-refractivity contribution is -0.143. The molecule has 2 atom stereocenters. The Balaban J connectivity index is 2.02. The smallest absolute Gasteiger partial charge is 0.320 e. The molecule has 0 bridgehead atoms. The van der Waals surface area contributed by atoms with Gasteiger partial charge in [0.25, 0.3) is 0 Å². The van der Waals surface area contributed by atoms with Crippen molar-refractivity contribution in [1.82, 2.24) is 9.80 Å². The van der Waals surface area contributed by atoms with E-state index in [1.165, 1.54) is 9.80 Å². The second-order valence-electron chi connectivity index (χ2n) is 5.16. The lowest BCUT2D eigenvalue weighted by atomic mass is 9.98. The number of nitrogens with zero attached hydrogens (tertiary/aromatic N) is 2. The van der Waals surface area contributed by atoms with Crippen LogP contribution in [0.5, 0.6) is 0 Å². The van der Waals surface area contributed by atoms with E-state index >= 15 is 0 Å². The van der Waals surface area contributed by atoms with Gasteiger partial charge in [-0.1, -0.05) is 0 Å². The number of rotatable bonds is 2. The lowest BCUT2D eigenvalue weighted by Crippen LogP contribution is -2.52. The van der Waals surface area contributed by atoms with Crippen LogP contribution in [-0.2, 0) is 9.59 Å². The van der Waals surface area contributed by atoms with Crippen LogP contribution in [0.2, 0.25) is 0 Å². The standard InChI is InChI=1S/C12H19N3O4/c13-10(16)9-4-2-6-15(9)12(19)14-5-1-3-8(7-14)11(17)18/h8-9H,1-7H2,(H2,13,16)(H,17,18)/t8-,9?/m0/s1. The topological polar surface area (TPSA) is 104 Å². The first kappa shape index (κ1) is 13.6. The first-order valence-electron chi connectivity index (χ1n) is 6.58. The van der Waals surface area contributed by atoms with E-state index in [4.69, 9.17) is 10.8 Å². The molecular formula is C12H19N3O4. The third-order valence-corrected chi connectivity index (χ3v) is 3.87. The average molecular weight is 269 g/mol. The predicted octanol–water partition coefficient (Wildman–Crippen LogP) is -0.147. The Morgan fingerprint density at radius 3 is 2.42 bits per heavy atom. The first-order valence-corrected chi connectivity index (χ1v) is 6.58. The van der Waals surface area contributed by atoms with Crippen molar-refractivity contribution in [2.75, 3.05) is 19.6 Å². The van der Waals surface area contributed by atoms with Crippen molar-refractivity contribution in [1.29, 1.82) is 0 Å². The summed E-state index contributed by atoms with van der Waals surface area (Å²) in [5.41, 5.74) is 5.29. The molecule has 2 rings (SSSR count). The minimum absolute atomic E-state index is 0.218. The zero-order valence-corrected chi connectivity index (χ0v) is 10.7. The van der Waals surface area contributed by atoms with E-state index in [2.05, 4.69) is 0 Å². The number of carboxylic acids is 1. The fourth-order valence-electron chi connectivity index (χ4n) is 2.83. The molecule has 3 amide bonds. The second-order valence-corrected chi connectivity index (χ2v) is 5.16. The summed E-state index contributed by atoms with van der Waals surface area (Å²) >= 11 is 0. The number of nitrogens with two attached hydrogens (primary N) is 1. The molecule has 0 radical (unpaired) electrons. The van der Waals surface area contributed by atoms with Crippen LogP contribution in [-0.4, -0.2) is 58.5 Å². The maximum absolute atomic E-state index is 12.3. The molecule has 0 aromatic heterocycles. The lowest BCUT2D eigenvalue weighted by Gasteiger charge is -2.35. The van der Waals surface area contributed by atoms with E-state index in [9.17, 15) is 14.4 Å². The van der Waals surface area contributed by atoms with Crippen molar-refractivity contribution in [2.24, 2.45) is 11.7 Å². The van der Waals surface area contributed by atoms with E-state index in [-0.39, 0.29) is 12.6 Å².